The zero-order valence-electron chi connectivity index (χ0n) is 9.74. The fourth-order valence-corrected chi connectivity index (χ4v) is 1.48. The summed E-state index contributed by atoms with van der Waals surface area (Å²) < 4.78 is 0. The summed E-state index contributed by atoms with van der Waals surface area (Å²) in [6.45, 7) is 3.91. The Balaban J connectivity index is 0.00000128. The van der Waals surface area contributed by atoms with E-state index in [-0.39, 0.29) is 24.0 Å². The molecule has 1 unspecified atom stereocenters. The van der Waals surface area contributed by atoms with Gasteiger partial charge in [-0.3, -0.25) is 4.99 Å². The van der Waals surface area contributed by atoms with Crippen molar-refractivity contribution in [2.45, 2.75) is 13.8 Å². The standard InChI is InChI=1S/C10H13N5.HI/c1-6-7(2)14-10-8(13-6)9(11-3)12-5-15(10)4;/h5H,1-4H3;1H. The minimum Gasteiger partial charge on any atom is -1.00 e. The van der Waals surface area contributed by atoms with Crippen LogP contribution in [0.3, 0.4) is 0 Å². The Kier molecular flexibility index (Phi) is 4.09. The average molecular weight is 331 g/mol. The van der Waals surface area contributed by atoms with Gasteiger partial charge >= 0.3 is 0 Å². The van der Waals surface area contributed by atoms with Crippen molar-refractivity contribution in [3.8, 4) is 0 Å². The molecule has 1 atom stereocenters. The van der Waals surface area contributed by atoms with Crippen molar-refractivity contribution < 1.29 is 28.9 Å². The van der Waals surface area contributed by atoms with Gasteiger partial charge in [0.1, 0.15) is 0 Å². The second-order valence-corrected chi connectivity index (χ2v) is 3.58. The monoisotopic (exact) mass is 331 g/mol. The lowest BCUT2D eigenvalue weighted by Gasteiger charge is -2.15. The van der Waals surface area contributed by atoms with E-state index >= 15 is 0 Å². The number of fused-ring (bicyclic) bond motifs is 1. The van der Waals surface area contributed by atoms with Crippen molar-refractivity contribution in [2.24, 2.45) is 9.98 Å². The number of hydrogen-bond donors (Lipinski definition) is 1. The molecular weight excluding hydrogens is 317 g/mol. The van der Waals surface area contributed by atoms with Gasteiger partial charge in [0.25, 0.3) is 5.82 Å². The maximum atomic E-state index is 4.52. The molecule has 0 bridgehead atoms. The molecule has 0 aliphatic carbocycles. The molecule has 1 aromatic rings. The third-order valence-electron chi connectivity index (χ3n) is 2.48. The fraction of sp³-hybridized carbons (Fsp3) is 0.400. The van der Waals surface area contributed by atoms with Gasteiger partial charge in [-0.2, -0.15) is 9.98 Å². The van der Waals surface area contributed by atoms with Gasteiger partial charge in [0.2, 0.25) is 0 Å². The average Bonchev–Trinajstić information content (AvgIpc) is 2.22. The van der Waals surface area contributed by atoms with Gasteiger partial charge in [0.05, 0.1) is 18.4 Å². The van der Waals surface area contributed by atoms with Crippen molar-refractivity contribution in [3.05, 3.63) is 17.1 Å². The third-order valence-corrected chi connectivity index (χ3v) is 2.48. The van der Waals surface area contributed by atoms with E-state index in [1.807, 2.05) is 20.9 Å². The van der Waals surface area contributed by atoms with E-state index in [0.29, 0.717) is 5.84 Å². The smallest absolute Gasteiger partial charge is 0.262 e. The molecule has 1 aliphatic heterocycles. The van der Waals surface area contributed by atoms with Crippen LogP contribution in [0.2, 0.25) is 0 Å². The fourth-order valence-electron chi connectivity index (χ4n) is 1.48. The van der Waals surface area contributed by atoms with E-state index in [4.69, 9.17) is 0 Å². The summed E-state index contributed by atoms with van der Waals surface area (Å²) in [5.41, 5.74) is 2.68. The highest BCUT2D eigenvalue weighted by Crippen LogP contribution is 2.12. The van der Waals surface area contributed by atoms with Crippen LogP contribution in [-0.2, 0) is 0 Å². The molecule has 1 N–H and O–H groups in total. The highest BCUT2D eigenvalue weighted by atomic mass is 127. The van der Waals surface area contributed by atoms with Crippen LogP contribution in [0.15, 0.2) is 9.98 Å². The summed E-state index contributed by atoms with van der Waals surface area (Å²) in [5.74, 6) is 1.56. The maximum Gasteiger partial charge on any atom is 0.262 e. The molecule has 16 heavy (non-hydrogen) atoms. The molecule has 86 valence electrons. The molecule has 1 aliphatic rings. The molecule has 0 aromatic carbocycles. The molecule has 0 saturated carbocycles. The van der Waals surface area contributed by atoms with Gasteiger partial charge < -0.3 is 24.0 Å². The number of nitrogens with one attached hydrogen (secondary N) is 1. The number of halogens is 1. The van der Waals surface area contributed by atoms with Crippen molar-refractivity contribution in [1.29, 1.82) is 0 Å². The van der Waals surface area contributed by atoms with Crippen LogP contribution in [0.5, 0.6) is 0 Å². The van der Waals surface area contributed by atoms with E-state index < -0.39 is 0 Å². The van der Waals surface area contributed by atoms with Crippen LogP contribution in [0.4, 0.5) is 5.82 Å². The lowest BCUT2D eigenvalue weighted by Crippen LogP contribution is -3.04. The highest BCUT2D eigenvalue weighted by molar-refractivity contribution is 6.04. The summed E-state index contributed by atoms with van der Waals surface area (Å²) >= 11 is 0. The van der Waals surface area contributed by atoms with Crippen molar-refractivity contribution >= 4 is 18.0 Å². The second kappa shape index (κ2) is 4.96. The van der Waals surface area contributed by atoms with Crippen LogP contribution >= 0.6 is 0 Å². The maximum absolute atomic E-state index is 4.52. The zero-order chi connectivity index (χ0) is 11.0. The lowest BCUT2D eigenvalue weighted by atomic mass is 10.2. The van der Waals surface area contributed by atoms with Crippen LogP contribution in [-0.4, -0.2) is 36.2 Å². The Morgan fingerprint density at radius 2 is 1.81 bits per heavy atom. The van der Waals surface area contributed by atoms with Gasteiger partial charge in [0.15, 0.2) is 17.9 Å². The summed E-state index contributed by atoms with van der Waals surface area (Å²) in [6.07, 6.45) is 1.79. The van der Waals surface area contributed by atoms with Crippen molar-refractivity contribution in [2.75, 3.05) is 14.1 Å². The normalized spacial score (nSPS) is 20.5. The molecule has 0 fully saturated rings. The molecule has 6 heteroatoms. The Morgan fingerprint density at radius 1 is 1.19 bits per heavy atom. The predicted octanol–water partition coefficient (Wildman–Crippen LogP) is -3.34. The Bertz CT molecular complexity index is 467. The number of aryl methyl sites for hydroxylation is 2. The number of hydrogen-bond acceptors (Lipinski definition) is 3. The number of quaternary nitrogens is 1. The van der Waals surface area contributed by atoms with Crippen LogP contribution in [0, 0.1) is 13.8 Å². The van der Waals surface area contributed by atoms with E-state index in [1.54, 1.807) is 13.4 Å². The van der Waals surface area contributed by atoms with Gasteiger partial charge in [-0.25, -0.2) is 9.88 Å². The van der Waals surface area contributed by atoms with Gasteiger partial charge in [-0.05, 0) is 13.8 Å². The first kappa shape index (κ1) is 13.2. The topological polar surface area (TPSA) is 54.9 Å². The number of amidine groups is 1. The molecule has 2 rings (SSSR count). The molecule has 0 saturated heterocycles. The van der Waals surface area contributed by atoms with Crippen molar-refractivity contribution in [3.63, 3.8) is 0 Å². The molecule has 0 amide bonds. The largest absolute Gasteiger partial charge is 1.00 e. The Labute approximate surface area is 112 Å². The predicted molar refractivity (Wildman–Crippen MR) is 59.0 cm³/mol. The van der Waals surface area contributed by atoms with Gasteiger partial charge in [0, 0.05) is 7.05 Å². The first-order chi connectivity index (χ1) is 7.13. The highest BCUT2D eigenvalue weighted by Gasteiger charge is 2.24. The first-order valence-electron chi connectivity index (χ1n) is 4.84. The Morgan fingerprint density at radius 3 is 2.44 bits per heavy atom. The molecular formula is C10H14IN5. The summed E-state index contributed by atoms with van der Waals surface area (Å²) in [6, 6.07) is 0. The van der Waals surface area contributed by atoms with E-state index in [0.717, 1.165) is 27.8 Å². The minimum atomic E-state index is 0. The third kappa shape index (κ3) is 2.12. The molecule has 0 spiro atoms. The van der Waals surface area contributed by atoms with Gasteiger partial charge in [-0.15, -0.1) is 0 Å². The number of rotatable bonds is 0. The second-order valence-electron chi connectivity index (χ2n) is 3.58. The molecule has 1 aromatic heterocycles. The van der Waals surface area contributed by atoms with E-state index in [2.05, 4.69) is 20.0 Å². The lowest BCUT2D eigenvalue weighted by molar-refractivity contribution is -0.701. The first-order valence-corrected chi connectivity index (χ1v) is 4.84. The van der Waals surface area contributed by atoms with Crippen LogP contribution in [0.25, 0.3) is 0 Å². The Hall–Kier alpha value is -0.890. The molecule has 5 nitrogen and oxygen atoms in total. The SMILES string of the molecule is CN=C1N=C[NH+](C)c2nc(C)c(C)nc21.[I-]. The van der Waals surface area contributed by atoms with E-state index in [9.17, 15) is 0 Å². The number of nitrogens with zero attached hydrogens (tertiary/aromatic N) is 4. The van der Waals surface area contributed by atoms with Crippen molar-refractivity contribution in [1.82, 2.24) is 9.97 Å². The van der Waals surface area contributed by atoms with Gasteiger partial charge in [-0.1, -0.05) is 0 Å². The minimum absolute atomic E-state index is 0. The van der Waals surface area contributed by atoms with E-state index in [1.165, 1.54) is 0 Å². The quantitative estimate of drug-likeness (QED) is 0.506. The number of aliphatic imine (C=N–C) groups is 2. The molecule has 2 heterocycles. The molecule has 0 radical (unpaired) electrons. The summed E-state index contributed by atoms with van der Waals surface area (Å²) in [5, 5.41) is 0. The zero-order valence-corrected chi connectivity index (χ0v) is 11.9. The van der Waals surface area contributed by atoms with Crippen LogP contribution < -0.4 is 28.9 Å². The summed E-state index contributed by atoms with van der Waals surface area (Å²) in [7, 11) is 3.70. The number of aromatic nitrogens is 2. The van der Waals surface area contributed by atoms with Crippen LogP contribution in [0.1, 0.15) is 17.1 Å². The summed E-state index contributed by atoms with van der Waals surface area (Å²) in [4.78, 5) is 18.4.